The van der Waals surface area contributed by atoms with Gasteiger partial charge in [0.05, 0.1) is 5.56 Å². The lowest BCUT2D eigenvalue weighted by Gasteiger charge is -2.26. The van der Waals surface area contributed by atoms with E-state index in [1.54, 1.807) is 12.1 Å². The van der Waals surface area contributed by atoms with Gasteiger partial charge in [0, 0.05) is 19.0 Å². The average molecular weight is 297 g/mol. The van der Waals surface area contributed by atoms with Crippen LogP contribution in [0.3, 0.4) is 0 Å². The van der Waals surface area contributed by atoms with E-state index in [2.05, 4.69) is 0 Å². The molecule has 5 rings (SSSR count). The maximum absolute atomic E-state index is 12.9. The van der Waals surface area contributed by atoms with E-state index >= 15 is 0 Å². The van der Waals surface area contributed by atoms with Gasteiger partial charge in [0.2, 0.25) is 5.91 Å². The molecule has 114 valence electrons. The first-order chi connectivity index (χ1) is 10.6. The van der Waals surface area contributed by atoms with Crippen LogP contribution in [0.15, 0.2) is 18.2 Å². The Morgan fingerprint density at radius 3 is 2.55 bits per heavy atom. The van der Waals surface area contributed by atoms with Crippen molar-refractivity contribution in [1.29, 1.82) is 0 Å². The zero-order chi connectivity index (χ0) is 15.0. The molecule has 1 aromatic carbocycles. The highest BCUT2D eigenvalue weighted by atomic mass is 16.4. The van der Waals surface area contributed by atoms with Gasteiger partial charge in [0.25, 0.3) is 0 Å². The Morgan fingerprint density at radius 1 is 1.00 bits per heavy atom. The van der Waals surface area contributed by atoms with Crippen LogP contribution in [0.2, 0.25) is 0 Å². The summed E-state index contributed by atoms with van der Waals surface area (Å²) >= 11 is 0. The van der Waals surface area contributed by atoms with Crippen molar-refractivity contribution in [3.8, 4) is 0 Å². The topological polar surface area (TPSA) is 57.6 Å². The number of carboxylic acids is 1. The molecule has 1 aromatic rings. The van der Waals surface area contributed by atoms with E-state index in [9.17, 15) is 9.59 Å². The van der Waals surface area contributed by atoms with Gasteiger partial charge in [0.15, 0.2) is 0 Å². The number of nitrogens with zero attached hydrogens (tertiary/aromatic N) is 1. The molecular formula is C18H19NO3. The maximum atomic E-state index is 12.9. The van der Waals surface area contributed by atoms with Crippen LogP contribution in [-0.4, -0.2) is 21.9 Å². The van der Waals surface area contributed by atoms with Crippen LogP contribution in [0.5, 0.6) is 0 Å². The summed E-state index contributed by atoms with van der Waals surface area (Å²) in [5, 5.41) is 9.09. The van der Waals surface area contributed by atoms with Crippen molar-refractivity contribution in [2.75, 3.05) is 0 Å². The van der Waals surface area contributed by atoms with Gasteiger partial charge in [-0.25, -0.2) is 4.79 Å². The smallest absolute Gasteiger partial charge is 0.335 e. The molecule has 22 heavy (non-hydrogen) atoms. The SMILES string of the molecule is O=C(O)c1ccc2c(c1)CN(C(=O)C1CC3CC1C1CC31)C2. The highest BCUT2D eigenvalue weighted by Gasteiger charge is 2.62. The number of rotatable bonds is 2. The standard InChI is InChI=1S/C18H19NO3/c20-17(16-5-11-4-14(16)15-6-13(11)15)19-7-10-2-1-9(18(21)22)3-12(10)8-19/h1-3,11,13-16H,4-8H2,(H,21,22). The molecule has 0 saturated heterocycles. The average Bonchev–Trinajstić information content (AvgIpc) is 2.92. The molecule has 3 aliphatic carbocycles. The fourth-order valence-corrected chi connectivity index (χ4v) is 5.41. The van der Waals surface area contributed by atoms with E-state index in [1.165, 1.54) is 12.8 Å². The third-order valence-electron chi connectivity index (χ3n) is 6.50. The Bertz CT molecular complexity index is 698. The van der Waals surface area contributed by atoms with Gasteiger partial charge in [-0.15, -0.1) is 0 Å². The van der Waals surface area contributed by atoms with Crippen LogP contribution in [0.25, 0.3) is 0 Å². The summed E-state index contributed by atoms with van der Waals surface area (Å²) < 4.78 is 0. The van der Waals surface area contributed by atoms with Crippen LogP contribution in [0, 0.1) is 29.6 Å². The fourth-order valence-electron chi connectivity index (χ4n) is 5.41. The molecule has 5 atom stereocenters. The number of fused-ring (bicyclic) bond motifs is 6. The van der Waals surface area contributed by atoms with Crippen LogP contribution in [0.1, 0.15) is 40.7 Å². The molecule has 1 N–H and O–H groups in total. The molecule has 0 aromatic heterocycles. The first-order valence-electron chi connectivity index (χ1n) is 8.25. The minimum atomic E-state index is -0.902. The predicted molar refractivity (Wildman–Crippen MR) is 79.0 cm³/mol. The number of hydrogen-bond acceptors (Lipinski definition) is 2. The third kappa shape index (κ3) is 1.64. The van der Waals surface area contributed by atoms with E-state index in [4.69, 9.17) is 5.11 Å². The van der Waals surface area contributed by atoms with Gasteiger partial charge in [-0.05, 0) is 66.2 Å². The lowest BCUT2D eigenvalue weighted by atomic mass is 9.87. The van der Waals surface area contributed by atoms with E-state index < -0.39 is 5.97 Å². The second-order valence-electron chi connectivity index (χ2n) is 7.55. The highest BCUT2D eigenvalue weighted by Crippen LogP contribution is 2.67. The first kappa shape index (κ1) is 12.7. The molecule has 3 fully saturated rings. The number of carbonyl (C=O) groups excluding carboxylic acids is 1. The van der Waals surface area contributed by atoms with Crippen LogP contribution < -0.4 is 0 Å². The molecule has 1 aliphatic heterocycles. The second-order valence-corrected chi connectivity index (χ2v) is 7.55. The zero-order valence-corrected chi connectivity index (χ0v) is 12.4. The fraction of sp³-hybridized carbons (Fsp3) is 0.556. The normalized spacial score (nSPS) is 37.1. The van der Waals surface area contributed by atoms with Crippen molar-refractivity contribution in [2.24, 2.45) is 29.6 Å². The van der Waals surface area contributed by atoms with Crippen LogP contribution in [-0.2, 0) is 17.9 Å². The molecule has 2 bridgehead atoms. The van der Waals surface area contributed by atoms with Gasteiger partial charge in [-0.3, -0.25) is 4.79 Å². The number of carbonyl (C=O) groups is 2. The van der Waals surface area contributed by atoms with Gasteiger partial charge < -0.3 is 10.0 Å². The molecular weight excluding hydrogens is 278 g/mol. The summed E-state index contributed by atoms with van der Waals surface area (Å²) in [5.74, 6) is 2.89. The number of amides is 1. The molecule has 1 heterocycles. The molecule has 4 aliphatic rings. The molecule has 0 spiro atoms. The molecule has 3 saturated carbocycles. The summed E-state index contributed by atoms with van der Waals surface area (Å²) in [6.07, 6.45) is 3.73. The van der Waals surface area contributed by atoms with E-state index in [1.807, 2.05) is 11.0 Å². The Balaban J connectivity index is 1.35. The molecule has 1 amide bonds. The van der Waals surface area contributed by atoms with Crippen LogP contribution in [0.4, 0.5) is 0 Å². The molecule has 5 unspecified atom stereocenters. The summed E-state index contributed by atoms with van der Waals surface area (Å²) in [6.45, 7) is 1.23. The number of aromatic carboxylic acids is 1. The Kier molecular flexibility index (Phi) is 2.37. The largest absolute Gasteiger partial charge is 0.478 e. The number of carboxylic acid groups (broad SMARTS) is 1. The first-order valence-corrected chi connectivity index (χ1v) is 8.25. The monoisotopic (exact) mass is 297 g/mol. The zero-order valence-electron chi connectivity index (χ0n) is 12.4. The van der Waals surface area contributed by atoms with Gasteiger partial charge in [-0.1, -0.05) is 6.07 Å². The molecule has 0 radical (unpaired) electrons. The Morgan fingerprint density at radius 2 is 1.82 bits per heavy atom. The summed E-state index contributed by atoms with van der Waals surface area (Å²) in [7, 11) is 0. The highest BCUT2D eigenvalue weighted by molar-refractivity contribution is 5.88. The van der Waals surface area contributed by atoms with Crippen molar-refractivity contribution in [2.45, 2.75) is 32.4 Å². The van der Waals surface area contributed by atoms with Crippen molar-refractivity contribution in [3.63, 3.8) is 0 Å². The number of hydrogen-bond donors (Lipinski definition) is 1. The lowest BCUT2D eigenvalue weighted by molar-refractivity contribution is -0.138. The second kappa shape index (κ2) is 4.12. The van der Waals surface area contributed by atoms with Gasteiger partial charge >= 0.3 is 5.97 Å². The quantitative estimate of drug-likeness (QED) is 0.912. The molecule has 4 heteroatoms. The maximum Gasteiger partial charge on any atom is 0.335 e. The number of benzene rings is 1. The lowest BCUT2D eigenvalue weighted by Crippen LogP contribution is -2.35. The molecule has 4 nitrogen and oxygen atoms in total. The Hall–Kier alpha value is -1.84. The van der Waals surface area contributed by atoms with E-state index in [-0.39, 0.29) is 5.92 Å². The van der Waals surface area contributed by atoms with Crippen molar-refractivity contribution in [3.05, 3.63) is 34.9 Å². The summed E-state index contributed by atoms with van der Waals surface area (Å²) in [5.41, 5.74) is 2.42. The predicted octanol–water partition coefficient (Wildman–Crippen LogP) is 2.52. The minimum Gasteiger partial charge on any atom is -0.478 e. The third-order valence-corrected chi connectivity index (χ3v) is 6.50. The summed E-state index contributed by atoms with van der Waals surface area (Å²) in [4.78, 5) is 25.9. The van der Waals surface area contributed by atoms with E-state index in [0.717, 1.165) is 35.3 Å². The summed E-state index contributed by atoms with van der Waals surface area (Å²) in [6, 6.07) is 5.23. The van der Waals surface area contributed by atoms with Gasteiger partial charge in [-0.2, -0.15) is 0 Å². The minimum absolute atomic E-state index is 0.238. The Labute approximate surface area is 129 Å². The van der Waals surface area contributed by atoms with Crippen molar-refractivity contribution >= 4 is 11.9 Å². The van der Waals surface area contributed by atoms with E-state index in [0.29, 0.717) is 30.5 Å². The van der Waals surface area contributed by atoms with Crippen molar-refractivity contribution < 1.29 is 14.7 Å². The van der Waals surface area contributed by atoms with Gasteiger partial charge in [0.1, 0.15) is 0 Å². The van der Waals surface area contributed by atoms with Crippen molar-refractivity contribution in [1.82, 2.24) is 4.90 Å². The van der Waals surface area contributed by atoms with Crippen LogP contribution >= 0.6 is 0 Å².